The quantitative estimate of drug-likeness (QED) is 0.352. The number of nitrogens with two attached hydrogens (primary N) is 1. The van der Waals surface area contributed by atoms with Crippen LogP contribution in [-0.4, -0.2) is 18.4 Å². The Morgan fingerprint density at radius 1 is 0.857 bits per heavy atom. The van der Waals surface area contributed by atoms with Gasteiger partial charge in [0.25, 0.3) is 0 Å². The standard InChI is InChI=1S/C21H19N5O2/c1-3-13-27-19-9-5-17(6-10-19)15-23-25-21(22)26-24-16-18-7-11-20(12-8-18)28-14-4-2/h5-12,15-16H,1-2H3,(H3,22,25,26)/b23-15+,24-16+. The highest BCUT2D eigenvalue weighted by atomic mass is 16.5. The van der Waals surface area contributed by atoms with Crippen LogP contribution in [0, 0.1) is 24.1 Å². The molecule has 2 aromatic carbocycles. The lowest BCUT2D eigenvalue weighted by atomic mass is 10.2. The Morgan fingerprint density at radius 2 is 1.36 bits per heavy atom. The zero-order valence-corrected chi connectivity index (χ0v) is 15.5. The predicted octanol–water partition coefficient (Wildman–Crippen LogP) is 2.68. The largest absolute Gasteiger partial charge is 0.408 e. The Morgan fingerprint density at radius 3 is 1.86 bits per heavy atom. The van der Waals surface area contributed by atoms with Crippen LogP contribution >= 0.6 is 0 Å². The van der Waals surface area contributed by atoms with Crippen molar-refractivity contribution in [3.8, 4) is 35.6 Å². The van der Waals surface area contributed by atoms with Crippen LogP contribution < -0.4 is 20.6 Å². The van der Waals surface area contributed by atoms with E-state index in [0.717, 1.165) is 11.1 Å². The van der Waals surface area contributed by atoms with Gasteiger partial charge in [-0.1, -0.05) is 11.8 Å². The zero-order chi connectivity index (χ0) is 20.0. The second-order valence-electron chi connectivity index (χ2n) is 5.15. The number of hydrogen-bond donors (Lipinski definition) is 2. The van der Waals surface area contributed by atoms with Crippen molar-refractivity contribution in [2.45, 2.75) is 13.8 Å². The van der Waals surface area contributed by atoms with Crippen molar-refractivity contribution in [3.63, 3.8) is 0 Å². The molecular formula is C21H19N5O2. The average molecular weight is 373 g/mol. The fraction of sp³-hybridized carbons (Fsp3) is 0.0952. The fourth-order valence-electron chi connectivity index (χ4n) is 1.82. The minimum Gasteiger partial charge on any atom is -0.408 e. The third-order valence-electron chi connectivity index (χ3n) is 3.07. The number of hydrogen-bond acceptors (Lipinski definition) is 5. The van der Waals surface area contributed by atoms with E-state index in [9.17, 15) is 0 Å². The molecule has 7 heteroatoms. The van der Waals surface area contributed by atoms with Crippen LogP contribution in [0.3, 0.4) is 0 Å². The number of benzene rings is 2. The molecule has 0 aliphatic heterocycles. The SMILES string of the molecule is CC#COc1ccc(/C=N/N=C(\N)N/N=C/c2ccc(OC#CC)cc2)cc1. The molecular weight excluding hydrogens is 354 g/mol. The molecule has 140 valence electrons. The summed E-state index contributed by atoms with van der Waals surface area (Å²) >= 11 is 0. The monoisotopic (exact) mass is 373 g/mol. The van der Waals surface area contributed by atoms with E-state index in [2.05, 4.69) is 44.8 Å². The summed E-state index contributed by atoms with van der Waals surface area (Å²) in [6.45, 7) is 3.41. The lowest BCUT2D eigenvalue weighted by molar-refractivity contribution is 0.519. The molecule has 0 heterocycles. The summed E-state index contributed by atoms with van der Waals surface area (Å²) in [4.78, 5) is 0. The maximum atomic E-state index is 5.70. The number of hydrazone groups is 1. The van der Waals surface area contributed by atoms with Crippen LogP contribution in [0.15, 0.2) is 63.8 Å². The summed E-state index contributed by atoms with van der Waals surface area (Å²) in [7, 11) is 0. The van der Waals surface area contributed by atoms with Gasteiger partial charge < -0.3 is 15.2 Å². The van der Waals surface area contributed by atoms with Crippen LogP contribution in [0.4, 0.5) is 0 Å². The lowest BCUT2D eigenvalue weighted by Crippen LogP contribution is -2.26. The molecule has 0 aliphatic rings. The number of nitrogens with one attached hydrogen (secondary N) is 1. The van der Waals surface area contributed by atoms with Gasteiger partial charge in [-0.2, -0.15) is 10.2 Å². The molecule has 2 rings (SSSR count). The Labute approximate surface area is 164 Å². The first-order valence-electron chi connectivity index (χ1n) is 8.24. The van der Waals surface area contributed by atoms with Gasteiger partial charge in [-0.25, -0.2) is 5.43 Å². The van der Waals surface area contributed by atoms with Crippen molar-refractivity contribution in [2.24, 2.45) is 21.0 Å². The second-order valence-corrected chi connectivity index (χ2v) is 5.15. The summed E-state index contributed by atoms with van der Waals surface area (Å²) in [6, 6.07) is 14.5. The Hall–Kier alpha value is -4.23. The first-order chi connectivity index (χ1) is 13.7. The highest BCUT2D eigenvalue weighted by molar-refractivity contribution is 5.84. The lowest BCUT2D eigenvalue weighted by Gasteiger charge is -1.99. The molecule has 0 radical (unpaired) electrons. The van der Waals surface area contributed by atoms with E-state index in [1.54, 1.807) is 50.5 Å². The van der Waals surface area contributed by atoms with E-state index in [4.69, 9.17) is 15.2 Å². The van der Waals surface area contributed by atoms with E-state index < -0.39 is 0 Å². The van der Waals surface area contributed by atoms with Crippen LogP contribution in [-0.2, 0) is 0 Å². The van der Waals surface area contributed by atoms with Crippen LogP contribution in [0.2, 0.25) is 0 Å². The summed E-state index contributed by atoms with van der Waals surface area (Å²) < 4.78 is 10.3. The van der Waals surface area contributed by atoms with Crippen molar-refractivity contribution in [1.82, 2.24) is 5.43 Å². The van der Waals surface area contributed by atoms with Gasteiger partial charge in [-0.05, 0) is 59.7 Å². The summed E-state index contributed by atoms with van der Waals surface area (Å²) in [5.41, 5.74) is 9.99. The van der Waals surface area contributed by atoms with E-state index in [0.29, 0.717) is 11.5 Å². The van der Waals surface area contributed by atoms with Crippen molar-refractivity contribution in [2.75, 3.05) is 0 Å². The molecule has 0 aromatic heterocycles. The Bertz CT molecular complexity index is 970. The number of rotatable bonds is 6. The van der Waals surface area contributed by atoms with E-state index in [1.165, 1.54) is 0 Å². The van der Waals surface area contributed by atoms with Gasteiger partial charge in [0.1, 0.15) is 23.7 Å². The minimum absolute atomic E-state index is 0.0591. The van der Waals surface area contributed by atoms with Crippen molar-refractivity contribution in [3.05, 3.63) is 59.7 Å². The molecule has 0 atom stereocenters. The maximum absolute atomic E-state index is 5.70. The van der Waals surface area contributed by atoms with Gasteiger partial charge in [0.15, 0.2) is 0 Å². The molecule has 0 amide bonds. The van der Waals surface area contributed by atoms with E-state index in [-0.39, 0.29) is 5.96 Å². The molecule has 7 nitrogen and oxygen atoms in total. The molecule has 3 N–H and O–H groups in total. The Balaban J connectivity index is 1.84. The molecule has 0 saturated carbocycles. The first-order valence-corrected chi connectivity index (χ1v) is 8.24. The van der Waals surface area contributed by atoms with Crippen molar-refractivity contribution >= 4 is 18.4 Å². The first kappa shape index (κ1) is 20.1. The van der Waals surface area contributed by atoms with Gasteiger partial charge in [0.05, 0.1) is 12.4 Å². The van der Waals surface area contributed by atoms with Gasteiger partial charge in [-0.15, -0.1) is 5.10 Å². The maximum Gasteiger partial charge on any atom is 0.234 e. The predicted molar refractivity (Wildman–Crippen MR) is 111 cm³/mol. The molecule has 28 heavy (non-hydrogen) atoms. The molecule has 0 aliphatic carbocycles. The summed E-state index contributed by atoms with van der Waals surface area (Å²) in [6.07, 6.45) is 8.22. The van der Waals surface area contributed by atoms with E-state index >= 15 is 0 Å². The second kappa shape index (κ2) is 11.4. The normalized spacial score (nSPS) is 10.7. The molecule has 0 bridgehead atoms. The molecule has 0 fully saturated rings. The number of guanidine groups is 1. The number of nitrogens with zero attached hydrogens (tertiary/aromatic N) is 3. The fourth-order valence-corrected chi connectivity index (χ4v) is 1.82. The van der Waals surface area contributed by atoms with Crippen LogP contribution in [0.5, 0.6) is 11.5 Å². The summed E-state index contributed by atoms with van der Waals surface area (Å²) in [5, 5.41) is 11.7. The third-order valence-corrected chi connectivity index (χ3v) is 3.07. The van der Waals surface area contributed by atoms with Crippen molar-refractivity contribution < 1.29 is 9.47 Å². The molecule has 0 saturated heterocycles. The average Bonchev–Trinajstić information content (AvgIpc) is 2.72. The van der Waals surface area contributed by atoms with Crippen molar-refractivity contribution in [1.29, 1.82) is 0 Å². The highest BCUT2D eigenvalue weighted by Crippen LogP contribution is 2.11. The minimum atomic E-state index is 0.0591. The highest BCUT2D eigenvalue weighted by Gasteiger charge is 1.93. The third kappa shape index (κ3) is 7.34. The van der Waals surface area contributed by atoms with E-state index in [1.807, 2.05) is 24.3 Å². The molecule has 0 unspecified atom stereocenters. The number of ether oxygens (including phenoxy) is 2. The molecule has 2 aromatic rings. The van der Waals surface area contributed by atoms with Crippen LogP contribution in [0.25, 0.3) is 0 Å². The topological polar surface area (TPSA) is 93.6 Å². The smallest absolute Gasteiger partial charge is 0.234 e. The Kier molecular flexibility index (Phi) is 8.18. The molecule has 0 spiro atoms. The zero-order valence-electron chi connectivity index (χ0n) is 15.5. The van der Waals surface area contributed by atoms with Gasteiger partial charge in [-0.3, -0.25) is 0 Å². The van der Waals surface area contributed by atoms with Gasteiger partial charge in [0, 0.05) is 13.8 Å². The van der Waals surface area contributed by atoms with Gasteiger partial charge >= 0.3 is 0 Å². The van der Waals surface area contributed by atoms with Crippen LogP contribution in [0.1, 0.15) is 25.0 Å². The van der Waals surface area contributed by atoms with Gasteiger partial charge in [0.2, 0.25) is 5.96 Å². The summed E-state index contributed by atoms with van der Waals surface area (Å²) in [5.74, 6) is 6.69.